The van der Waals surface area contributed by atoms with Crippen LogP contribution >= 0.6 is 34.8 Å². The summed E-state index contributed by atoms with van der Waals surface area (Å²) in [7, 11) is 0. The van der Waals surface area contributed by atoms with Crippen molar-refractivity contribution in [1.29, 1.82) is 0 Å². The van der Waals surface area contributed by atoms with Gasteiger partial charge in [0.2, 0.25) is 11.8 Å². The van der Waals surface area contributed by atoms with Crippen LogP contribution in [-0.2, 0) is 9.59 Å². The average Bonchev–Trinajstić information content (AvgIpc) is 2.57. The summed E-state index contributed by atoms with van der Waals surface area (Å²) in [4.78, 5) is 23.5. The van der Waals surface area contributed by atoms with Gasteiger partial charge in [-0.3, -0.25) is 9.59 Å². The molecule has 0 aliphatic heterocycles. The minimum Gasteiger partial charge on any atom is -0.326 e. The van der Waals surface area contributed by atoms with E-state index in [1.165, 1.54) is 6.21 Å². The van der Waals surface area contributed by atoms with Crippen LogP contribution in [0.3, 0.4) is 0 Å². The average molecular weight is 399 g/mol. The maximum absolute atomic E-state index is 11.8. The summed E-state index contributed by atoms with van der Waals surface area (Å²) in [5.41, 5.74) is 3.49. The van der Waals surface area contributed by atoms with Crippen LogP contribution in [0.2, 0.25) is 15.1 Å². The highest BCUT2D eigenvalue weighted by Crippen LogP contribution is 2.24. The quantitative estimate of drug-likeness (QED) is 0.555. The highest BCUT2D eigenvalue weighted by Gasteiger charge is 2.07. The Morgan fingerprint density at radius 2 is 1.72 bits per heavy atom. The SMILES string of the molecule is O=C(CCC(=O)Nc1cccc(Cl)c1)NN=Cc1cccc(Cl)c1Cl. The number of hydrogen-bond acceptors (Lipinski definition) is 3. The fraction of sp³-hybridized carbons (Fsp3) is 0.118. The van der Waals surface area contributed by atoms with Crippen LogP contribution in [0.1, 0.15) is 18.4 Å². The molecular weight excluding hydrogens is 385 g/mol. The molecule has 25 heavy (non-hydrogen) atoms. The van der Waals surface area contributed by atoms with Crippen LogP contribution in [0.15, 0.2) is 47.6 Å². The van der Waals surface area contributed by atoms with Gasteiger partial charge in [0.1, 0.15) is 0 Å². The van der Waals surface area contributed by atoms with Gasteiger partial charge in [0, 0.05) is 29.1 Å². The van der Waals surface area contributed by atoms with E-state index in [4.69, 9.17) is 34.8 Å². The minimum atomic E-state index is -0.393. The van der Waals surface area contributed by atoms with Crippen LogP contribution in [0, 0.1) is 0 Å². The second-order valence-electron chi connectivity index (χ2n) is 4.99. The molecule has 0 bridgehead atoms. The van der Waals surface area contributed by atoms with Gasteiger partial charge in [-0.05, 0) is 24.3 Å². The van der Waals surface area contributed by atoms with Gasteiger partial charge >= 0.3 is 0 Å². The summed E-state index contributed by atoms with van der Waals surface area (Å²) < 4.78 is 0. The van der Waals surface area contributed by atoms with Crippen LogP contribution < -0.4 is 10.7 Å². The van der Waals surface area contributed by atoms with Gasteiger partial charge in [-0.25, -0.2) is 5.43 Å². The molecule has 0 fully saturated rings. The lowest BCUT2D eigenvalue weighted by atomic mass is 10.2. The van der Waals surface area contributed by atoms with Gasteiger partial charge in [0.15, 0.2) is 0 Å². The lowest BCUT2D eigenvalue weighted by Crippen LogP contribution is -2.20. The Morgan fingerprint density at radius 1 is 1.00 bits per heavy atom. The molecular formula is C17H14Cl3N3O2. The van der Waals surface area contributed by atoms with Crippen LogP contribution in [0.5, 0.6) is 0 Å². The van der Waals surface area contributed by atoms with E-state index in [2.05, 4.69) is 15.8 Å². The molecule has 0 aliphatic carbocycles. The molecule has 2 rings (SSSR count). The molecule has 5 nitrogen and oxygen atoms in total. The second-order valence-corrected chi connectivity index (χ2v) is 6.22. The highest BCUT2D eigenvalue weighted by atomic mass is 35.5. The van der Waals surface area contributed by atoms with Crippen molar-refractivity contribution < 1.29 is 9.59 Å². The predicted molar refractivity (Wildman–Crippen MR) is 102 cm³/mol. The van der Waals surface area contributed by atoms with Crippen molar-refractivity contribution in [2.24, 2.45) is 5.10 Å². The molecule has 0 saturated heterocycles. The van der Waals surface area contributed by atoms with E-state index >= 15 is 0 Å². The second kappa shape index (κ2) is 9.42. The summed E-state index contributed by atoms with van der Waals surface area (Å²) in [6.07, 6.45) is 1.40. The molecule has 0 aliphatic rings. The summed E-state index contributed by atoms with van der Waals surface area (Å²) in [6.45, 7) is 0. The first kappa shape index (κ1) is 19.2. The maximum atomic E-state index is 11.8. The minimum absolute atomic E-state index is 0.00693. The number of nitrogens with zero attached hydrogens (tertiary/aromatic N) is 1. The Hall–Kier alpha value is -2.08. The molecule has 2 amide bonds. The third-order valence-electron chi connectivity index (χ3n) is 3.06. The van der Waals surface area contributed by atoms with Gasteiger partial charge in [-0.15, -0.1) is 0 Å². The fourth-order valence-corrected chi connectivity index (χ4v) is 2.41. The number of amides is 2. The van der Waals surface area contributed by atoms with Gasteiger partial charge in [0.25, 0.3) is 0 Å². The molecule has 2 aromatic rings. The first-order chi connectivity index (χ1) is 12.0. The number of hydrogen-bond donors (Lipinski definition) is 2. The van der Waals surface area contributed by atoms with E-state index in [-0.39, 0.29) is 18.7 Å². The Labute approximate surface area is 160 Å². The Bertz CT molecular complexity index is 809. The molecule has 2 N–H and O–H groups in total. The van der Waals surface area contributed by atoms with Crippen molar-refractivity contribution in [3.05, 3.63) is 63.1 Å². The third kappa shape index (κ3) is 6.38. The molecule has 8 heteroatoms. The number of rotatable bonds is 6. The number of carbonyl (C=O) groups excluding carboxylic acids is 2. The predicted octanol–water partition coefficient (Wildman–Crippen LogP) is 4.52. The standard InChI is InChI=1S/C17H14Cl3N3O2/c18-12-4-2-5-13(9-12)22-15(24)7-8-16(25)23-21-10-11-3-1-6-14(19)17(11)20/h1-6,9-10H,7-8H2,(H,22,24)(H,23,25). The van der Waals surface area contributed by atoms with E-state index < -0.39 is 5.91 Å². The van der Waals surface area contributed by atoms with E-state index in [0.717, 1.165) is 0 Å². The van der Waals surface area contributed by atoms with E-state index in [9.17, 15) is 9.59 Å². The van der Waals surface area contributed by atoms with Crippen molar-refractivity contribution in [2.75, 3.05) is 5.32 Å². The zero-order valence-electron chi connectivity index (χ0n) is 12.9. The number of halogens is 3. The lowest BCUT2D eigenvalue weighted by molar-refractivity contribution is -0.124. The van der Waals surface area contributed by atoms with E-state index in [1.807, 2.05) is 0 Å². The molecule has 0 spiro atoms. The smallest absolute Gasteiger partial charge is 0.240 e. The van der Waals surface area contributed by atoms with Crippen LogP contribution in [0.25, 0.3) is 0 Å². The highest BCUT2D eigenvalue weighted by molar-refractivity contribution is 6.43. The summed E-state index contributed by atoms with van der Waals surface area (Å²) in [6, 6.07) is 11.8. The van der Waals surface area contributed by atoms with E-state index in [1.54, 1.807) is 42.5 Å². The monoisotopic (exact) mass is 397 g/mol. The Kier molecular flexibility index (Phi) is 7.25. The molecule has 0 saturated carbocycles. The third-order valence-corrected chi connectivity index (χ3v) is 4.13. The molecule has 0 unspecified atom stereocenters. The van der Waals surface area contributed by atoms with Crippen LogP contribution in [0.4, 0.5) is 5.69 Å². The van der Waals surface area contributed by atoms with E-state index in [0.29, 0.717) is 26.3 Å². The topological polar surface area (TPSA) is 70.6 Å². The molecule has 0 radical (unpaired) electrons. The van der Waals surface area contributed by atoms with Crippen LogP contribution in [-0.4, -0.2) is 18.0 Å². The number of nitrogens with one attached hydrogen (secondary N) is 2. The molecule has 0 atom stereocenters. The molecule has 0 heterocycles. The molecule has 2 aromatic carbocycles. The lowest BCUT2D eigenvalue weighted by Gasteiger charge is -2.05. The zero-order valence-corrected chi connectivity index (χ0v) is 15.2. The number of carbonyl (C=O) groups is 2. The number of hydrazone groups is 1. The zero-order chi connectivity index (χ0) is 18.2. The van der Waals surface area contributed by atoms with Crippen molar-refractivity contribution >= 4 is 58.5 Å². The summed E-state index contributed by atoms with van der Waals surface area (Å²) in [5.74, 6) is -0.685. The summed E-state index contributed by atoms with van der Waals surface area (Å²) in [5, 5.41) is 7.73. The van der Waals surface area contributed by atoms with Gasteiger partial charge in [-0.2, -0.15) is 5.10 Å². The summed E-state index contributed by atoms with van der Waals surface area (Å²) >= 11 is 17.7. The number of anilines is 1. The largest absolute Gasteiger partial charge is 0.326 e. The Morgan fingerprint density at radius 3 is 2.48 bits per heavy atom. The number of benzene rings is 2. The Balaban J connectivity index is 1.77. The first-order valence-corrected chi connectivity index (χ1v) is 8.40. The normalized spacial score (nSPS) is 10.7. The van der Waals surface area contributed by atoms with Crippen molar-refractivity contribution in [1.82, 2.24) is 5.43 Å². The maximum Gasteiger partial charge on any atom is 0.240 e. The van der Waals surface area contributed by atoms with Crippen molar-refractivity contribution in [3.63, 3.8) is 0 Å². The van der Waals surface area contributed by atoms with Gasteiger partial charge in [-0.1, -0.05) is 53.0 Å². The van der Waals surface area contributed by atoms with Crippen molar-refractivity contribution in [2.45, 2.75) is 12.8 Å². The van der Waals surface area contributed by atoms with Crippen molar-refractivity contribution in [3.8, 4) is 0 Å². The first-order valence-electron chi connectivity index (χ1n) is 7.27. The fourth-order valence-electron chi connectivity index (χ4n) is 1.87. The van der Waals surface area contributed by atoms with Gasteiger partial charge in [0.05, 0.1) is 16.3 Å². The molecule has 0 aromatic heterocycles. The van der Waals surface area contributed by atoms with Gasteiger partial charge < -0.3 is 5.32 Å². The molecule has 130 valence electrons.